The van der Waals surface area contributed by atoms with Crippen molar-refractivity contribution in [1.82, 2.24) is 14.9 Å². The Hall–Kier alpha value is -2.23. The van der Waals surface area contributed by atoms with Crippen LogP contribution in [0.5, 0.6) is 0 Å². The number of aliphatic hydroxyl groups excluding tert-OH is 1. The van der Waals surface area contributed by atoms with Gasteiger partial charge in [-0.3, -0.25) is 4.79 Å². The smallest absolute Gasteiger partial charge is 0.273 e. The minimum atomic E-state index is -0.231. The van der Waals surface area contributed by atoms with Crippen molar-refractivity contribution < 1.29 is 9.90 Å². The Morgan fingerprint density at radius 2 is 2.15 bits per heavy atom. The zero-order chi connectivity index (χ0) is 14.2. The van der Waals surface area contributed by atoms with Crippen LogP contribution in [-0.2, 0) is 6.54 Å². The van der Waals surface area contributed by atoms with Crippen LogP contribution in [0.2, 0.25) is 0 Å². The van der Waals surface area contributed by atoms with Crippen LogP contribution in [0, 0.1) is 11.8 Å². The van der Waals surface area contributed by atoms with E-state index in [1.165, 1.54) is 0 Å². The third-order valence-corrected chi connectivity index (χ3v) is 2.97. The van der Waals surface area contributed by atoms with Gasteiger partial charge >= 0.3 is 0 Å². The maximum absolute atomic E-state index is 11.7. The average Bonchev–Trinajstić information content (AvgIpc) is 3.01. The summed E-state index contributed by atoms with van der Waals surface area (Å²) in [5, 5.41) is 16.7. The molecule has 0 fully saturated rings. The van der Waals surface area contributed by atoms with Gasteiger partial charge in [0.2, 0.25) is 0 Å². The number of hydrogen-bond acceptors (Lipinski definition) is 5. The lowest BCUT2D eigenvalue weighted by Crippen LogP contribution is -2.23. The summed E-state index contributed by atoms with van der Waals surface area (Å²) in [6, 6.07) is 7.58. The maximum atomic E-state index is 11.7. The van der Waals surface area contributed by atoms with Crippen LogP contribution < -0.4 is 5.32 Å². The highest BCUT2D eigenvalue weighted by molar-refractivity contribution is 7.03. The molecule has 6 heteroatoms. The van der Waals surface area contributed by atoms with Crippen molar-refractivity contribution in [1.29, 1.82) is 0 Å². The first kappa shape index (κ1) is 14.2. The van der Waals surface area contributed by atoms with E-state index in [1.807, 2.05) is 24.3 Å². The van der Waals surface area contributed by atoms with Gasteiger partial charge in [0.1, 0.15) is 0 Å². The van der Waals surface area contributed by atoms with Gasteiger partial charge in [-0.2, -0.15) is 0 Å². The summed E-state index contributed by atoms with van der Waals surface area (Å²) in [5.74, 6) is 5.57. The zero-order valence-electron chi connectivity index (χ0n) is 10.7. The van der Waals surface area contributed by atoms with Gasteiger partial charge in [-0.05, 0) is 29.2 Å². The summed E-state index contributed by atoms with van der Waals surface area (Å²) in [7, 11) is 0. The summed E-state index contributed by atoms with van der Waals surface area (Å²) in [5.41, 5.74) is 2.20. The van der Waals surface area contributed by atoms with Crippen LogP contribution in [-0.4, -0.2) is 27.2 Å². The van der Waals surface area contributed by atoms with Gasteiger partial charge in [0.05, 0.1) is 6.61 Å². The summed E-state index contributed by atoms with van der Waals surface area (Å²) >= 11 is 1.15. The highest BCUT2D eigenvalue weighted by atomic mass is 32.1. The third kappa shape index (κ3) is 4.16. The fourth-order valence-corrected chi connectivity index (χ4v) is 1.90. The second-order valence-electron chi connectivity index (χ2n) is 3.95. The number of aliphatic hydroxyl groups is 1. The number of benzene rings is 1. The Bertz CT molecular complexity index is 612. The molecule has 0 aliphatic heterocycles. The van der Waals surface area contributed by atoms with E-state index >= 15 is 0 Å². The molecule has 0 aliphatic rings. The first-order chi connectivity index (χ1) is 9.79. The Balaban J connectivity index is 1.88. The van der Waals surface area contributed by atoms with E-state index in [2.05, 4.69) is 26.7 Å². The Morgan fingerprint density at radius 3 is 2.80 bits per heavy atom. The number of amides is 1. The molecule has 2 aromatic rings. The molecule has 0 saturated heterocycles. The lowest BCUT2D eigenvalue weighted by molar-refractivity contribution is 0.0946. The van der Waals surface area contributed by atoms with E-state index in [4.69, 9.17) is 5.11 Å². The molecule has 1 aromatic carbocycles. The third-order valence-electron chi connectivity index (χ3n) is 2.47. The van der Waals surface area contributed by atoms with E-state index in [9.17, 15) is 4.79 Å². The molecule has 20 heavy (non-hydrogen) atoms. The van der Waals surface area contributed by atoms with Crippen molar-refractivity contribution in [3.05, 3.63) is 46.5 Å². The van der Waals surface area contributed by atoms with E-state index in [1.54, 1.807) is 5.38 Å². The Kier molecular flexibility index (Phi) is 5.24. The topological polar surface area (TPSA) is 75.1 Å². The van der Waals surface area contributed by atoms with Crippen LogP contribution in [0.1, 0.15) is 28.0 Å². The van der Waals surface area contributed by atoms with Crippen molar-refractivity contribution in [3.8, 4) is 11.8 Å². The summed E-state index contributed by atoms with van der Waals surface area (Å²) in [4.78, 5) is 11.7. The molecule has 1 amide bonds. The molecule has 2 N–H and O–H groups in total. The SMILES string of the molecule is O=C(NCc1ccc(C#CCCO)cc1)c1csnn1. The first-order valence-corrected chi connectivity index (χ1v) is 6.87. The molecule has 1 aromatic heterocycles. The van der Waals surface area contributed by atoms with Crippen LogP contribution >= 0.6 is 11.5 Å². The maximum Gasteiger partial charge on any atom is 0.273 e. The molecule has 0 spiro atoms. The summed E-state index contributed by atoms with van der Waals surface area (Å²) < 4.78 is 3.64. The number of rotatable bonds is 4. The van der Waals surface area contributed by atoms with Gasteiger partial charge in [-0.1, -0.05) is 28.5 Å². The molecule has 1 heterocycles. The second kappa shape index (κ2) is 7.38. The largest absolute Gasteiger partial charge is 0.395 e. The van der Waals surface area contributed by atoms with Crippen molar-refractivity contribution >= 4 is 17.4 Å². The molecule has 0 bridgehead atoms. The highest BCUT2D eigenvalue weighted by Gasteiger charge is 2.07. The standard InChI is InChI=1S/C14H13N3O2S/c18-8-2-1-3-11-4-6-12(7-5-11)9-15-14(19)13-10-20-17-16-13/h4-7,10,18H,2,8-9H2,(H,15,19). The minimum Gasteiger partial charge on any atom is -0.395 e. The Morgan fingerprint density at radius 1 is 1.35 bits per heavy atom. The second-order valence-corrected chi connectivity index (χ2v) is 4.55. The van der Waals surface area contributed by atoms with Crippen molar-refractivity contribution in [2.45, 2.75) is 13.0 Å². The van der Waals surface area contributed by atoms with E-state index in [0.717, 1.165) is 22.7 Å². The minimum absolute atomic E-state index is 0.0720. The van der Waals surface area contributed by atoms with Crippen LogP contribution in [0.4, 0.5) is 0 Å². The lowest BCUT2D eigenvalue weighted by atomic mass is 10.1. The summed E-state index contributed by atoms with van der Waals surface area (Å²) in [6.07, 6.45) is 0.472. The molecule has 0 atom stereocenters. The van der Waals surface area contributed by atoms with E-state index < -0.39 is 0 Å². The van der Waals surface area contributed by atoms with Crippen molar-refractivity contribution in [2.24, 2.45) is 0 Å². The molecule has 102 valence electrons. The molecule has 0 radical (unpaired) electrons. The quantitative estimate of drug-likeness (QED) is 0.829. The van der Waals surface area contributed by atoms with Gasteiger partial charge < -0.3 is 10.4 Å². The van der Waals surface area contributed by atoms with Gasteiger partial charge in [0.15, 0.2) is 5.69 Å². The van der Waals surface area contributed by atoms with E-state index in [-0.39, 0.29) is 12.5 Å². The monoisotopic (exact) mass is 287 g/mol. The average molecular weight is 287 g/mol. The fourth-order valence-electron chi connectivity index (χ4n) is 1.46. The summed E-state index contributed by atoms with van der Waals surface area (Å²) in [6.45, 7) is 0.503. The molecule has 5 nitrogen and oxygen atoms in total. The molecule has 0 saturated carbocycles. The first-order valence-electron chi connectivity index (χ1n) is 6.03. The van der Waals surface area contributed by atoms with Crippen LogP contribution in [0.3, 0.4) is 0 Å². The normalized spacial score (nSPS) is 9.65. The van der Waals surface area contributed by atoms with Gasteiger partial charge in [0.25, 0.3) is 5.91 Å². The number of hydrogen-bond donors (Lipinski definition) is 2. The predicted molar refractivity (Wildman–Crippen MR) is 76.1 cm³/mol. The molecule has 0 aliphatic carbocycles. The van der Waals surface area contributed by atoms with Crippen LogP contribution in [0.25, 0.3) is 0 Å². The highest BCUT2D eigenvalue weighted by Crippen LogP contribution is 2.04. The fraction of sp³-hybridized carbons (Fsp3) is 0.214. The predicted octanol–water partition coefficient (Wildman–Crippen LogP) is 1.20. The number of carbonyl (C=O) groups is 1. The molecule has 2 rings (SSSR count). The number of aromatic nitrogens is 2. The number of carbonyl (C=O) groups excluding carboxylic acids is 1. The number of nitrogens with one attached hydrogen (secondary N) is 1. The van der Waals surface area contributed by atoms with Crippen molar-refractivity contribution in [2.75, 3.05) is 6.61 Å². The van der Waals surface area contributed by atoms with Gasteiger partial charge in [0, 0.05) is 23.9 Å². The molecule has 0 unspecified atom stereocenters. The number of nitrogens with zero attached hydrogens (tertiary/aromatic N) is 2. The zero-order valence-corrected chi connectivity index (χ0v) is 11.5. The molecular weight excluding hydrogens is 274 g/mol. The van der Waals surface area contributed by atoms with Crippen LogP contribution in [0.15, 0.2) is 29.6 Å². The molecular formula is C14H13N3O2S. The Labute approximate surface area is 120 Å². The lowest BCUT2D eigenvalue weighted by Gasteiger charge is -2.03. The van der Waals surface area contributed by atoms with E-state index in [0.29, 0.717) is 18.7 Å². The van der Waals surface area contributed by atoms with Crippen molar-refractivity contribution in [3.63, 3.8) is 0 Å². The van der Waals surface area contributed by atoms with Gasteiger partial charge in [-0.25, -0.2) is 0 Å². The van der Waals surface area contributed by atoms with Gasteiger partial charge in [-0.15, -0.1) is 5.10 Å².